The lowest BCUT2D eigenvalue weighted by Crippen LogP contribution is -2.32. The van der Waals surface area contributed by atoms with Gasteiger partial charge in [-0.3, -0.25) is 4.79 Å². The Morgan fingerprint density at radius 2 is 2.33 bits per heavy atom. The van der Waals surface area contributed by atoms with Crippen LogP contribution in [0.3, 0.4) is 0 Å². The van der Waals surface area contributed by atoms with Crippen molar-refractivity contribution in [2.24, 2.45) is 17.5 Å². The van der Waals surface area contributed by atoms with E-state index in [9.17, 15) is 4.79 Å². The maximum absolute atomic E-state index is 10.0. The van der Waals surface area contributed by atoms with E-state index in [-0.39, 0.29) is 0 Å². The van der Waals surface area contributed by atoms with E-state index in [4.69, 9.17) is 21.1 Å². The number of hydrogen-bond donors (Lipinski definition) is 3. The number of carbonyl (C=O) groups is 1. The van der Waals surface area contributed by atoms with Gasteiger partial charge in [0.05, 0.1) is 32.1 Å². The molecule has 0 aromatic carbocycles. The second kappa shape index (κ2) is 8.73. The van der Waals surface area contributed by atoms with Crippen LogP contribution in [-0.4, -0.2) is 50.9 Å². The number of ether oxygens (including phenoxy) is 2. The number of nitrogens with two attached hydrogens (primary N) is 2. The Kier molecular flexibility index (Phi) is 7.16. The fourth-order valence-corrected chi connectivity index (χ4v) is 1.46. The molecule has 0 aromatic heterocycles. The molecule has 104 valence electrons. The lowest BCUT2D eigenvalue weighted by molar-refractivity contribution is -0.109. The second-order valence-electron chi connectivity index (χ2n) is 4.29. The molecule has 0 saturated carbocycles. The molecule has 1 heterocycles. The number of nitrogens with one attached hydrogen (secondary N) is 1. The Labute approximate surface area is 107 Å². The summed E-state index contributed by atoms with van der Waals surface area (Å²) in [6.07, 6.45) is 3.08. The summed E-state index contributed by atoms with van der Waals surface area (Å²) in [5, 5.41) is 4.06. The molecule has 1 amide bonds. The molecule has 0 radical (unpaired) electrons. The van der Waals surface area contributed by atoms with Gasteiger partial charge in [0.15, 0.2) is 0 Å². The van der Waals surface area contributed by atoms with Crippen molar-refractivity contribution in [3.8, 4) is 0 Å². The van der Waals surface area contributed by atoms with Crippen LogP contribution in [-0.2, 0) is 14.3 Å². The van der Waals surface area contributed by atoms with Gasteiger partial charge in [-0.2, -0.15) is 0 Å². The summed E-state index contributed by atoms with van der Waals surface area (Å²) in [6, 6.07) is 0. The maximum Gasteiger partial charge on any atom is 0.207 e. The van der Waals surface area contributed by atoms with E-state index in [1.165, 1.54) is 5.01 Å². The molecule has 7 nitrogen and oxygen atoms in total. The van der Waals surface area contributed by atoms with Crippen LogP contribution < -0.4 is 16.9 Å². The molecular weight excluding hydrogens is 236 g/mol. The van der Waals surface area contributed by atoms with Crippen molar-refractivity contribution in [2.45, 2.75) is 6.42 Å². The van der Waals surface area contributed by atoms with Gasteiger partial charge in [0, 0.05) is 25.2 Å². The molecular formula is C11H22N4O3. The second-order valence-corrected chi connectivity index (χ2v) is 4.29. The van der Waals surface area contributed by atoms with Crippen molar-refractivity contribution in [1.29, 1.82) is 0 Å². The van der Waals surface area contributed by atoms with Crippen molar-refractivity contribution in [2.75, 3.05) is 39.5 Å². The predicted molar refractivity (Wildman–Crippen MR) is 67.0 cm³/mol. The zero-order valence-corrected chi connectivity index (χ0v) is 10.5. The first-order valence-corrected chi connectivity index (χ1v) is 6.02. The fourth-order valence-electron chi connectivity index (χ4n) is 1.46. The molecule has 1 aliphatic heterocycles. The molecule has 5 N–H and O–H groups in total. The normalized spacial score (nSPS) is 16.2. The Morgan fingerprint density at radius 1 is 1.56 bits per heavy atom. The summed E-state index contributed by atoms with van der Waals surface area (Å²) in [5.41, 5.74) is 6.35. The van der Waals surface area contributed by atoms with E-state index in [0.29, 0.717) is 44.3 Å². The SMILES string of the molecule is N/C(=C\N(N)CCCNC=O)COCC1COC1. The van der Waals surface area contributed by atoms with Crippen LogP contribution >= 0.6 is 0 Å². The molecule has 0 aromatic rings. The highest BCUT2D eigenvalue weighted by Crippen LogP contribution is 2.09. The highest BCUT2D eigenvalue weighted by Gasteiger charge is 2.17. The first-order valence-electron chi connectivity index (χ1n) is 6.02. The third-order valence-corrected chi connectivity index (χ3v) is 2.48. The zero-order valence-electron chi connectivity index (χ0n) is 10.5. The van der Waals surface area contributed by atoms with Crippen LogP contribution in [0.2, 0.25) is 0 Å². The molecule has 1 saturated heterocycles. The summed E-state index contributed by atoms with van der Waals surface area (Å²) in [5.74, 6) is 6.21. The molecule has 0 atom stereocenters. The molecule has 0 unspecified atom stereocenters. The molecule has 1 rings (SSSR count). The van der Waals surface area contributed by atoms with E-state index in [2.05, 4.69) is 5.32 Å². The van der Waals surface area contributed by atoms with Crippen LogP contribution in [0.15, 0.2) is 11.9 Å². The van der Waals surface area contributed by atoms with Crippen LogP contribution in [0, 0.1) is 5.92 Å². The van der Waals surface area contributed by atoms with Crippen molar-refractivity contribution in [3.63, 3.8) is 0 Å². The Balaban J connectivity index is 2.04. The Bertz CT molecular complexity index is 269. The van der Waals surface area contributed by atoms with E-state index in [0.717, 1.165) is 19.6 Å². The number of rotatable bonds is 10. The molecule has 18 heavy (non-hydrogen) atoms. The summed E-state index contributed by atoms with van der Waals surface area (Å²) < 4.78 is 10.5. The minimum Gasteiger partial charge on any atom is -0.399 e. The smallest absolute Gasteiger partial charge is 0.207 e. The summed E-state index contributed by atoms with van der Waals surface area (Å²) in [6.45, 7) is 3.81. The van der Waals surface area contributed by atoms with Gasteiger partial charge >= 0.3 is 0 Å². The van der Waals surface area contributed by atoms with Gasteiger partial charge in [0.25, 0.3) is 0 Å². The van der Waals surface area contributed by atoms with Crippen molar-refractivity contribution in [1.82, 2.24) is 10.3 Å². The lowest BCUT2D eigenvalue weighted by atomic mass is 10.1. The first-order chi connectivity index (χ1) is 8.72. The van der Waals surface area contributed by atoms with Gasteiger partial charge in [-0.1, -0.05) is 0 Å². The minimum absolute atomic E-state index is 0.372. The van der Waals surface area contributed by atoms with Gasteiger partial charge < -0.3 is 25.5 Å². The molecule has 7 heteroatoms. The quantitative estimate of drug-likeness (QED) is 0.196. The fraction of sp³-hybridized carbons (Fsp3) is 0.727. The predicted octanol–water partition coefficient (Wildman–Crippen LogP) is -1.24. The average molecular weight is 258 g/mol. The first kappa shape index (κ1) is 14.7. The number of nitrogens with zero attached hydrogens (tertiary/aromatic N) is 1. The van der Waals surface area contributed by atoms with Crippen LogP contribution in [0.5, 0.6) is 0 Å². The lowest BCUT2D eigenvalue weighted by Gasteiger charge is -2.25. The molecule has 1 fully saturated rings. The zero-order chi connectivity index (χ0) is 13.2. The van der Waals surface area contributed by atoms with Gasteiger partial charge in [0.2, 0.25) is 6.41 Å². The van der Waals surface area contributed by atoms with Gasteiger partial charge in [-0.15, -0.1) is 0 Å². The van der Waals surface area contributed by atoms with Gasteiger partial charge in [-0.05, 0) is 6.42 Å². The van der Waals surface area contributed by atoms with Crippen LogP contribution in [0.4, 0.5) is 0 Å². The topological polar surface area (TPSA) is 103 Å². The largest absolute Gasteiger partial charge is 0.399 e. The van der Waals surface area contributed by atoms with Crippen LogP contribution in [0.25, 0.3) is 0 Å². The summed E-state index contributed by atoms with van der Waals surface area (Å²) in [7, 11) is 0. The van der Waals surface area contributed by atoms with Crippen LogP contribution in [0.1, 0.15) is 6.42 Å². The van der Waals surface area contributed by atoms with E-state index < -0.39 is 0 Å². The number of hydrogen-bond acceptors (Lipinski definition) is 6. The monoisotopic (exact) mass is 258 g/mol. The van der Waals surface area contributed by atoms with Gasteiger partial charge in [-0.25, -0.2) is 5.84 Å². The number of hydrazine groups is 1. The van der Waals surface area contributed by atoms with E-state index >= 15 is 0 Å². The highest BCUT2D eigenvalue weighted by atomic mass is 16.5. The minimum atomic E-state index is 0.372. The maximum atomic E-state index is 10.0. The molecule has 0 bridgehead atoms. The third kappa shape index (κ3) is 6.43. The van der Waals surface area contributed by atoms with E-state index in [1.807, 2.05) is 0 Å². The number of carbonyl (C=O) groups excluding carboxylic acids is 1. The standard InChI is InChI=1S/C11H22N4O3/c12-11(8-18-7-10-5-17-6-10)4-15(13)3-1-2-14-9-16/h4,9-10H,1-3,5-8,12-13H2,(H,14,16)/b11-4-. The average Bonchev–Trinajstić information content (AvgIpc) is 2.28. The van der Waals surface area contributed by atoms with Crippen molar-refractivity contribution < 1.29 is 14.3 Å². The summed E-state index contributed by atoms with van der Waals surface area (Å²) in [4.78, 5) is 10.0. The van der Waals surface area contributed by atoms with Gasteiger partial charge in [0.1, 0.15) is 0 Å². The van der Waals surface area contributed by atoms with Crippen molar-refractivity contribution >= 4 is 6.41 Å². The molecule has 0 spiro atoms. The number of amides is 1. The highest BCUT2D eigenvalue weighted by molar-refractivity contribution is 5.45. The Hall–Kier alpha value is -1.31. The Morgan fingerprint density at radius 3 is 2.94 bits per heavy atom. The third-order valence-electron chi connectivity index (χ3n) is 2.48. The van der Waals surface area contributed by atoms with Crippen molar-refractivity contribution in [3.05, 3.63) is 11.9 Å². The summed E-state index contributed by atoms with van der Waals surface area (Å²) >= 11 is 0. The molecule has 1 aliphatic rings. The van der Waals surface area contributed by atoms with E-state index in [1.54, 1.807) is 6.20 Å². The molecule has 0 aliphatic carbocycles.